The second-order valence-electron chi connectivity index (χ2n) is 3.98. The van der Waals surface area contributed by atoms with Crippen LogP contribution in [-0.4, -0.2) is 4.86 Å². The Kier molecular flexibility index (Phi) is 2.79. The minimum Gasteiger partial charge on any atom is -0.399 e. The standard InChI is InChI=1S/C13H14N2S/c1-8-2-5-13(16)11(6-8)10-4-3-9(14)7-12(10)15/h2-4,6-7H,5,14-15H2,1H3. The molecule has 1 aliphatic rings. The fourth-order valence-electron chi connectivity index (χ4n) is 1.79. The summed E-state index contributed by atoms with van der Waals surface area (Å²) >= 11 is 5.35. The Labute approximate surface area is 101 Å². The Hall–Kier alpha value is -1.61. The molecule has 82 valence electrons. The molecular formula is C13H14N2S. The summed E-state index contributed by atoms with van der Waals surface area (Å²) in [5.41, 5.74) is 16.2. The van der Waals surface area contributed by atoms with E-state index in [0.29, 0.717) is 11.4 Å². The van der Waals surface area contributed by atoms with Gasteiger partial charge in [-0.15, -0.1) is 0 Å². The number of allylic oxidation sites excluding steroid dienone is 4. The van der Waals surface area contributed by atoms with E-state index in [1.807, 2.05) is 12.1 Å². The molecule has 16 heavy (non-hydrogen) atoms. The summed E-state index contributed by atoms with van der Waals surface area (Å²) in [6, 6.07) is 5.55. The van der Waals surface area contributed by atoms with Crippen molar-refractivity contribution in [1.82, 2.24) is 0 Å². The van der Waals surface area contributed by atoms with E-state index >= 15 is 0 Å². The van der Waals surface area contributed by atoms with Crippen LogP contribution in [0.1, 0.15) is 18.9 Å². The van der Waals surface area contributed by atoms with Gasteiger partial charge in [0.25, 0.3) is 0 Å². The zero-order chi connectivity index (χ0) is 11.7. The van der Waals surface area contributed by atoms with Crippen LogP contribution in [0.4, 0.5) is 11.4 Å². The average molecular weight is 230 g/mol. The highest BCUT2D eigenvalue weighted by Crippen LogP contribution is 2.29. The molecule has 0 bridgehead atoms. The Balaban J connectivity index is 2.51. The van der Waals surface area contributed by atoms with Gasteiger partial charge in [-0.25, -0.2) is 0 Å². The first kappa shape index (κ1) is 10.9. The van der Waals surface area contributed by atoms with Crippen molar-refractivity contribution in [1.29, 1.82) is 0 Å². The smallest absolute Gasteiger partial charge is 0.0414 e. The SMILES string of the molecule is CC1=CCC(=S)C(c2ccc(N)cc2N)=C1. The fraction of sp³-hybridized carbons (Fsp3) is 0.154. The van der Waals surface area contributed by atoms with Crippen molar-refractivity contribution in [2.75, 3.05) is 11.5 Å². The van der Waals surface area contributed by atoms with Gasteiger partial charge in [-0.3, -0.25) is 0 Å². The topological polar surface area (TPSA) is 52.0 Å². The molecule has 4 N–H and O–H groups in total. The van der Waals surface area contributed by atoms with E-state index in [9.17, 15) is 0 Å². The van der Waals surface area contributed by atoms with E-state index in [1.165, 1.54) is 5.57 Å². The maximum atomic E-state index is 5.96. The predicted octanol–water partition coefficient (Wildman–Crippen LogP) is 2.95. The number of anilines is 2. The highest BCUT2D eigenvalue weighted by Gasteiger charge is 2.13. The molecule has 0 atom stereocenters. The molecule has 0 spiro atoms. The summed E-state index contributed by atoms with van der Waals surface area (Å²) in [7, 11) is 0. The molecule has 0 saturated carbocycles. The maximum absolute atomic E-state index is 5.96. The van der Waals surface area contributed by atoms with Gasteiger partial charge in [-0.05, 0) is 24.6 Å². The molecule has 1 aromatic rings. The van der Waals surface area contributed by atoms with Crippen molar-refractivity contribution in [3.63, 3.8) is 0 Å². The summed E-state index contributed by atoms with van der Waals surface area (Å²) in [6.07, 6.45) is 5.02. The monoisotopic (exact) mass is 230 g/mol. The van der Waals surface area contributed by atoms with Crippen LogP contribution in [0, 0.1) is 0 Å². The molecule has 2 nitrogen and oxygen atoms in total. The average Bonchev–Trinajstić information content (AvgIpc) is 2.22. The van der Waals surface area contributed by atoms with Crippen LogP contribution in [0.2, 0.25) is 0 Å². The molecule has 0 heterocycles. The van der Waals surface area contributed by atoms with Crippen molar-refractivity contribution in [3.8, 4) is 0 Å². The summed E-state index contributed by atoms with van der Waals surface area (Å²) in [5, 5.41) is 0. The Morgan fingerprint density at radius 3 is 2.69 bits per heavy atom. The van der Waals surface area contributed by atoms with Crippen LogP contribution in [0.25, 0.3) is 5.57 Å². The predicted molar refractivity (Wildman–Crippen MR) is 74.2 cm³/mol. The number of hydrogen-bond donors (Lipinski definition) is 2. The highest BCUT2D eigenvalue weighted by molar-refractivity contribution is 7.81. The third kappa shape index (κ3) is 1.99. The molecule has 0 saturated heterocycles. The zero-order valence-corrected chi connectivity index (χ0v) is 9.97. The number of thiocarbonyl (C=S) groups is 1. The van der Waals surface area contributed by atoms with E-state index in [0.717, 1.165) is 22.4 Å². The summed E-state index contributed by atoms with van der Waals surface area (Å²) < 4.78 is 0. The summed E-state index contributed by atoms with van der Waals surface area (Å²) in [6.45, 7) is 2.06. The van der Waals surface area contributed by atoms with Gasteiger partial charge in [0.05, 0.1) is 0 Å². The molecule has 0 fully saturated rings. The molecule has 2 rings (SSSR count). The maximum Gasteiger partial charge on any atom is 0.0414 e. The quantitative estimate of drug-likeness (QED) is 0.576. The van der Waals surface area contributed by atoms with E-state index < -0.39 is 0 Å². The largest absolute Gasteiger partial charge is 0.399 e. The lowest BCUT2D eigenvalue weighted by atomic mass is 9.93. The molecule has 0 unspecified atom stereocenters. The number of hydrogen-bond acceptors (Lipinski definition) is 3. The second-order valence-corrected chi connectivity index (χ2v) is 4.47. The molecule has 0 aromatic heterocycles. The third-order valence-electron chi connectivity index (χ3n) is 2.65. The highest BCUT2D eigenvalue weighted by atomic mass is 32.1. The van der Waals surface area contributed by atoms with Gasteiger partial charge < -0.3 is 11.5 Å². The van der Waals surface area contributed by atoms with E-state index in [2.05, 4.69) is 19.1 Å². The summed E-state index contributed by atoms with van der Waals surface area (Å²) in [4.78, 5) is 0.932. The minimum atomic E-state index is 0.677. The molecular weight excluding hydrogens is 216 g/mol. The minimum absolute atomic E-state index is 0.677. The van der Waals surface area contributed by atoms with Crippen molar-refractivity contribution in [2.45, 2.75) is 13.3 Å². The van der Waals surface area contributed by atoms with Gasteiger partial charge in [0.2, 0.25) is 0 Å². The molecule has 1 aromatic carbocycles. The van der Waals surface area contributed by atoms with Gasteiger partial charge in [0.1, 0.15) is 0 Å². The number of benzene rings is 1. The van der Waals surface area contributed by atoms with Crippen molar-refractivity contribution in [3.05, 3.63) is 41.5 Å². The Morgan fingerprint density at radius 2 is 2.00 bits per heavy atom. The van der Waals surface area contributed by atoms with E-state index in [1.54, 1.807) is 6.07 Å². The van der Waals surface area contributed by atoms with Gasteiger partial charge in [-0.2, -0.15) is 0 Å². The number of nitrogens with two attached hydrogens (primary N) is 2. The molecule has 1 aliphatic carbocycles. The van der Waals surface area contributed by atoms with Gasteiger partial charge in [-0.1, -0.05) is 36.0 Å². The van der Waals surface area contributed by atoms with E-state index in [4.69, 9.17) is 23.7 Å². The van der Waals surface area contributed by atoms with Crippen LogP contribution in [-0.2, 0) is 0 Å². The molecule has 0 radical (unpaired) electrons. The normalized spacial score (nSPS) is 15.7. The third-order valence-corrected chi connectivity index (χ3v) is 3.03. The molecule has 0 amide bonds. The Bertz CT molecular complexity index is 513. The van der Waals surface area contributed by atoms with Gasteiger partial charge in [0.15, 0.2) is 0 Å². The number of nitrogen functional groups attached to an aromatic ring is 2. The first-order valence-corrected chi connectivity index (χ1v) is 5.56. The molecule has 0 aliphatic heterocycles. The van der Waals surface area contributed by atoms with Gasteiger partial charge >= 0.3 is 0 Å². The van der Waals surface area contributed by atoms with Crippen molar-refractivity contribution >= 4 is 34.0 Å². The fourth-order valence-corrected chi connectivity index (χ4v) is 2.04. The lowest BCUT2D eigenvalue weighted by molar-refractivity contribution is 1.38. The molecule has 3 heteroatoms. The van der Waals surface area contributed by atoms with Crippen LogP contribution in [0.3, 0.4) is 0 Å². The lowest BCUT2D eigenvalue weighted by Crippen LogP contribution is -2.05. The number of rotatable bonds is 1. The van der Waals surface area contributed by atoms with E-state index in [-0.39, 0.29) is 0 Å². The van der Waals surface area contributed by atoms with Crippen molar-refractivity contribution < 1.29 is 0 Å². The van der Waals surface area contributed by atoms with Crippen LogP contribution >= 0.6 is 12.2 Å². The van der Waals surface area contributed by atoms with Crippen LogP contribution in [0.5, 0.6) is 0 Å². The van der Waals surface area contributed by atoms with Crippen LogP contribution < -0.4 is 11.5 Å². The second kappa shape index (κ2) is 4.10. The first-order chi connectivity index (χ1) is 7.58. The van der Waals surface area contributed by atoms with Crippen molar-refractivity contribution in [2.24, 2.45) is 0 Å². The first-order valence-electron chi connectivity index (χ1n) is 5.15. The van der Waals surface area contributed by atoms with Gasteiger partial charge in [0, 0.05) is 28.2 Å². The van der Waals surface area contributed by atoms with Crippen LogP contribution in [0.15, 0.2) is 35.9 Å². The Morgan fingerprint density at radius 1 is 1.25 bits per heavy atom. The summed E-state index contributed by atoms with van der Waals surface area (Å²) in [5.74, 6) is 0. The lowest BCUT2D eigenvalue weighted by Gasteiger charge is -2.15. The zero-order valence-electron chi connectivity index (χ0n) is 9.16.